The third kappa shape index (κ3) is 2.63. The summed E-state index contributed by atoms with van der Waals surface area (Å²) in [5.41, 5.74) is 7.84. The first kappa shape index (κ1) is 12.5. The Morgan fingerprint density at radius 2 is 1.94 bits per heavy atom. The van der Waals surface area contributed by atoms with E-state index in [1.807, 2.05) is 19.1 Å². The van der Waals surface area contributed by atoms with Crippen LogP contribution in [-0.2, 0) is 0 Å². The summed E-state index contributed by atoms with van der Waals surface area (Å²) < 4.78 is 6.51. The monoisotopic (exact) mass is 302 g/mol. The molecule has 0 bridgehead atoms. The third-order valence-electron chi connectivity index (χ3n) is 2.43. The molecule has 4 heteroatoms. The zero-order chi connectivity index (χ0) is 13.1. The van der Waals surface area contributed by atoms with Crippen LogP contribution in [0.5, 0.6) is 11.5 Å². The van der Waals surface area contributed by atoms with Gasteiger partial charge in [-0.25, -0.2) is 0 Å². The minimum absolute atomic E-state index is 0.504. The lowest BCUT2D eigenvalue weighted by Crippen LogP contribution is -1.92. The lowest BCUT2D eigenvalue weighted by Gasteiger charge is -2.10. The molecule has 0 radical (unpaired) electrons. The van der Waals surface area contributed by atoms with Gasteiger partial charge in [-0.05, 0) is 52.7 Å². The van der Waals surface area contributed by atoms with Crippen molar-refractivity contribution in [2.45, 2.75) is 6.92 Å². The molecular weight excluding hydrogens is 292 g/mol. The minimum atomic E-state index is 0.504. The maximum atomic E-state index is 9.08. The molecule has 3 nitrogen and oxygen atoms in total. The number of nitrogens with zero attached hydrogens (tertiary/aromatic N) is 1. The molecule has 0 atom stereocenters. The van der Waals surface area contributed by atoms with E-state index in [4.69, 9.17) is 15.7 Å². The van der Waals surface area contributed by atoms with E-state index in [1.165, 1.54) is 0 Å². The maximum Gasteiger partial charge on any atom is 0.145 e. The number of benzene rings is 2. The lowest BCUT2D eigenvalue weighted by atomic mass is 10.1. The molecule has 0 aliphatic heterocycles. The highest BCUT2D eigenvalue weighted by molar-refractivity contribution is 9.10. The lowest BCUT2D eigenvalue weighted by molar-refractivity contribution is 0.478. The van der Waals surface area contributed by atoms with Gasteiger partial charge >= 0.3 is 0 Å². The number of aryl methyl sites for hydroxylation is 1. The second-order valence-electron chi connectivity index (χ2n) is 3.90. The third-order valence-corrected chi connectivity index (χ3v) is 3.09. The van der Waals surface area contributed by atoms with Crippen molar-refractivity contribution in [3.8, 4) is 17.6 Å². The first-order valence-corrected chi connectivity index (χ1v) is 6.13. The van der Waals surface area contributed by atoms with Gasteiger partial charge in [0.15, 0.2) is 0 Å². The fraction of sp³-hybridized carbons (Fsp3) is 0.0714. The second-order valence-corrected chi connectivity index (χ2v) is 4.76. The van der Waals surface area contributed by atoms with Gasteiger partial charge in [0.25, 0.3) is 0 Å². The number of anilines is 1. The highest BCUT2D eigenvalue weighted by atomic mass is 79.9. The summed E-state index contributed by atoms with van der Waals surface area (Å²) in [6.07, 6.45) is 0. The van der Waals surface area contributed by atoms with E-state index in [9.17, 15) is 0 Å². The van der Waals surface area contributed by atoms with Crippen molar-refractivity contribution in [1.82, 2.24) is 0 Å². The number of rotatable bonds is 2. The SMILES string of the molecule is Cc1ccc(Oc2cc(N)ccc2Br)c(C#N)c1. The van der Waals surface area contributed by atoms with Gasteiger partial charge in [0.2, 0.25) is 0 Å². The summed E-state index contributed by atoms with van der Waals surface area (Å²) in [4.78, 5) is 0. The number of hydrogen-bond donors (Lipinski definition) is 1. The molecule has 0 aromatic heterocycles. The number of hydrogen-bond acceptors (Lipinski definition) is 3. The number of halogens is 1. The highest BCUT2D eigenvalue weighted by Crippen LogP contribution is 2.33. The van der Waals surface area contributed by atoms with Crippen molar-refractivity contribution in [3.63, 3.8) is 0 Å². The first-order chi connectivity index (χ1) is 8.60. The largest absolute Gasteiger partial charge is 0.455 e. The molecule has 0 saturated carbocycles. The Morgan fingerprint density at radius 3 is 2.67 bits per heavy atom. The van der Waals surface area contributed by atoms with Gasteiger partial charge in [-0.2, -0.15) is 5.26 Å². The van der Waals surface area contributed by atoms with Gasteiger partial charge in [-0.1, -0.05) is 6.07 Å². The Kier molecular flexibility index (Phi) is 3.54. The standard InChI is InChI=1S/C14H11BrN2O/c1-9-2-5-13(10(6-9)8-16)18-14-7-11(17)3-4-12(14)15/h2-7H,17H2,1H3. The summed E-state index contributed by atoms with van der Waals surface area (Å²) in [6.45, 7) is 1.93. The molecule has 90 valence electrons. The zero-order valence-electron chi connectivity index (χ0n) is 9.77. The van der Waals surface area contributed by atoms with Crippen LogP contribution < -0.4 is 10.5 Å². The molecule has 0 saturated heterocycles. The molecule has 0 heterocycles. The van der Waals surface area contributed by atoms with Gasteiger partial charge in [-0.15, -0.1) is 0 Å². The normalized spacial score (nSPS) is 9.83. The topological polar surface area (TPSA) is 59.0 Å². The Balaban J connectivity index is 2.40. The fourth-order valence-corrected chi connectivity index (χ4v) is 1.86. The molecule has 0 aliphatic rings. The highest BCUT2D eigenvalue weighted by Gasteiger charge is 2.08. The van der Waals surface area contributed by atoms with E-state index in [2.05, 4.69) is 22.0 Å². The van der Waals surface area contributed by atoms with Gasteiger partial charge < -0.3 is 10.5 Å². The van der Waals surface area contributed by atoms with Crippen molar-refractivity contribution < 1.29 is 4.74 Å². The Morgan fingerprint density at radius 1 is 1.17 bits per heavy atom. The number of nitriles is 1. The van der Waals surface area contributed by atoms with Crippen LogP contribution in [0, 0.1) is 18.3 Å². The minimum Gasteiger partial charge on any atom is -0.455 e. The average Bonchev–Trinajstić information content (AvgIpc) is 2.36. The van der Waals surface area contributed by atoms with E-state index < -0.39 is 0 Å². The second kappa shape index (κ2) is 5.11. The molecule has 18 heavy (non-hydrogen) atoms. The predicted octanol–water partition coefficient (Wildman–Crippen LogP) is 4.00. The Hall–Kier alpha value is -1.99. The van der Waals surface area contributed by atoms with Crippen LogP contribution in [0.25, 0.3) is 0 Å². The van der Waals surface area contributed by atoms with Crippen LogP contribution >= 0.6 is 15.9 Å². The maximum absolute atomic E-state index is 9.08. The van der Waals surface area contributed by atoms with Crippen molar-refractivity contribution in [2.24, 2.45) is 0 Å². The van der Waals surface area contributed by atoms with Crippen molar-refractivity contribution in [2.75, 3.05) is 5.73 Å². The number of ether oxygens (including phenoxy) is 1. The molecule has 2 N–H and O–H groups in total. The van der Waals surface area contributed by atoms with Gasteiger partial charge in [-0.3, -0.25) is 0 Å². The van der Waals surface area contributed by atoms with Crippen LogP contribution in [0.4, 0.5) is 5.69 Å². The molecule has 0 amide bonds. The molecule has 0 unspecified atom stereocenters. The van der Waals surface area contributed by atoms with Crippen molar-refractivity contribution in [3.05, 3.63) is 52.0 Å². The van der Waals surface area contributed by atoms with E-state index >= 15 is 0 Å². The van der Waals surface area contributed by atoms with Crippen molar-refractivity contribution in [1.29, 1.82) is 5.26 Å². The van der Waals surface area contributed by atoms with E-state index in [0.29, 0.717) is 22.7 Å². The molecule has 0 spiro atoms. The molecular formula is C14H11BrN2O. The first-order valence-electron chi connectivity index (χ1n) is 5.34. The smallest absolute Gasteiger partial charge is 0.145 e. The van der Waals surface area contributed by atoms with E-state index in [-0.39, 0.29) is 0 Å². The van der Waals surface area contributed by atoms with Crippen LogP contribution in [0.3, 0.4) is 0 Å². The summed E-state index contributed by atoms with van der Waals surface area (Å²) in [5.74, 6) is 1.12. The van der Waals surface area contributed by atoms with Gasteiger partial charge in [0, 0.05) is 11.8 Å². The summed E-state index contributed by atoms with van der Waals surface area (Å²) in [7, 11) is 0. The van der Waals surface area contributed by atoms with Crippen LogP contribution in [0.2, 0.25) is 0 Å². The number of nitrogen functional groups attached to an aromatic ring is 1. The molecule has 0 fully saturated rings. The van der Waals surface area contributed by atoms with Crippen molar-refractivity contribution >= 4 is 21.6 Å². The van der Waals surface area contributed by atoms with Crippen LogP contribution in [0.1, 0.15) is 11.1 Å². The Bertz CT molecular complexity index is 632. The molecule has 0 aliphatic carbocycles. The zero-order valence-corrected chi connectivity index (χ0v) is 11.4. The summed E-state index contributed by atoms with van der Waals surface area (Å²) in [5, 5.41) is 9.08. The Labute approximate surface area is 114 Å². The van der Waals surface area contributed by atoms with E-state index in [0.717, 1.165) is 10.0 Å². The molecule has 2 aromatic rings. The van der Waals surface area contributed by atoms with Crippen LogP contribution in [0.15, 0.2) is 40.9 Å². The quantitative estimate of drug-likeness (QED) is 0.853. The summed E-state index contributed by atoms with van der Waals surface area (Å²) in [6, 6.07) is 12.9. The average molecular weight is 303 g/mol. The fourth-order valence-electron chi connectivity index (χ4n) is 1.54. The number of nitrogens with two attached hydrogens (primary N) is 1. The molecule has 2 aromatic carbocycles. The van der Waals surface area contributed by atoms with Crippen LogP contribution in [-0.4, -0.2) is 0 Å². The summed E-state index contributed by atoms with van der Waals surface area (Å²) >= 11 is 3.39. The predicted molar refractivity (Wildman–Crippen MR) is 74.5 cm³/mol. The van der Waals surface area contributed by atoms with Gasteiger partial charge in [0.05, 0.1) is 10.0 Å². The molecule has 2 rings (SSSR count). The van der Waals surface area contributed by atoms with E-state index in [1.54, 1.807) is 24.3 Å². The van der Waals surface area contributed by atoms with Gasteiger partial charge in [0.1, 0.15) is 17.6 Å².